The second-order valence-corrected chi connectivity index (χ2v) is 12.4. The third kappa shape index (κ3) is 12.8. The highest BCUT2D eigenvalue weighted by Crippen LogP contribution is 2.18. The lowest BCUT2D eigenvalue weighted by molar-refractivity contribution is -0.130. The van der Waals surface area contributed by atoms with Gasteiger partial charge < -0.3 is 26.0 Å². The molecule has 5 N–H and O–H groups in total. The van der Waals surface area contributed by atoms with Gasteiger partial charge in [0.05, 0.1) is 0 Å². The normalized spacial score (nSPS) is 12.4. The van der Waals surface area contributed by atoms with Gasteiger partial charge >= 0.3 is 12.2 Å². The highest BCUT2D eigenvalue weighted by Gasteiger charge is 2.28. The lowest BCUT2D eigenvalue weighted by atomic mass is 10.1. The van der Waals surface area contributed by atoms with Crippen molar-refractivity contribution in [1.82, 2.24) is 9.80 Å². The number of aliphatic hydroxyl groups is 1. The first kappa shape index (κ1) is 34.4. The minimum absolute atomic E-state index is 0.0889. The maximum absolute atomic E-state index is 13.1. The molecule has 42 heavy (non-hydrogen) atoms. The third-order valence-corrected chi connectivity index (χ3v) is 6.23. The van der Waals surface area contributed by atoms with E-state index < -0.39 is 29.6 Å². The van der Waals surface area contributed by atoms with Gasteiger partial charge in [0.15, 0.2) is 0 Å². The van der Waals surface area contributed by atoms with Gasteiger partial charge in [0.25, 0.3) is 0 Å². The van der Waals surface area contributed by atoms with Crippen molar-refractivity contribution in [3.63, 3.8) is 0 Å². The summed E-state index contributed by atoms with van der Waals surface area (Å²) in [7, 11) is 0. The average molecular weight is 585 g/mol. The smallest absolute Gasteiger partial charge is 0.417 e. The SMILES string of the molecule is CC(C)(C)OC(=O)N(CCc1ccc(N)cc1)C(=O)CCCCC(O)N(CCc1ccc(N)cc1)C(=O)OC(C)(C)C. The number of carbonyl (C=O) groups excluding carboxylic acids is 3. The Morgan fingerprint density at radius 1 is 0.738 bits per heavy atom. The number of amides is 3. The van der Waals surface area contributed by atoms with Crippen LogP contribution in [0.25, 0.3) is 0 Å². The number of anilines is 2. The molecule has 0 aliphatic heterocycles. The summed E-state index contributed by atoms with van der Waals surface area (Å²) >= 11 is 0. The molecule has 0 spiro atoms. The number of rotatable bonds is 12. The summed E-state index contributed by atoms with van der Waals surface area (Å²) in [4.78, 5) is 41.3. The van der Waals surface area contributed by atoms with E-state index in [1.807, 2.05) is 24.3 Å². The molecule has 10 heteroatoms. The van der Waals surface area contributed by atoms with Gasteiger partial charge in [0, 0.05) is 30.9 Å². The molecule has 0 aliphatic carbocycles. The molecule has 0 bridgehead atoms. The molecular formula is C32H48N4O6. The number of nitrogen functional groups attached to an aromatic ring is 2. The summed E-state index contributed by atoms with van der Waals surface area (Å²) in [6, 6.07) is 14.6. The van der Waals surface area contributed by atoms with E-state index in [2.05, 4.69) is 0 Å². The highest BCUT2D eigenvalue weighted by molar-refractivity contribution is 5.92. The fraction of sp³-hybridized carbons (Fsp3) is 0.531. The molecule has 0 fully saturated rings. The van der Waals surface area contributed by atoms with E-state index in [-0.39, 0.29) is 31.8 Å². The van der Waals surface area contributed by atoms with Gasteiger partial charge in [-0.3, -0.25) is 9.69 Å². The Hall–Kier alpha value is -3.79. The summed E-state index contributed by atoms with van der Waals surface area (Å²) < 4.78 is 11.0. The average Bonchev–Trinajstić information content (AvgIpc) is 2.87. The van der Waals surface area contributed by atoms with Crippen LogP contribution in [0.1, 0.15) is 78.4 Å². The Morgan fingerprint density at radius 2 is 1.19 bits per heavy atom. The molecule has 2 aromatic rings. The topological polar surface area (TPSA) is 148 Å². The minimum atomic E-state index is -1.10. The van der Waals surface area contributed by atoms with Crippen molar-refractivity contribution in [3.05, 3.63) is 59.7 Å². The summed E-state index contributed by atoms with van der Waals surface area (Å²) in [6.45, 7) is 11.0. The van der Waals surface area contributed by atoms with E-state index in [4.69, 9.17) is 20.9 Å². The van der Waals surface area contributed by atoms with Crippen LogP contribution in [0.15, 0.2) is 48.5 Å². The molecule has 1 atom stereocenters. The molecule has 10 nitrogen and oxygen atoms in total. The minimum Gasteiger partial charge on any atom is -0.444 e. The predicted molar refractivity (Wildman–Crippen MR) is 164 cm³/mol. The molecule has 0 aliphatic rings. The molecule has 232 valence electrons. The van der Waals surface area contributed by atoms with Gasteiger partial charge in [-0.25, -0.2) is 14.5 Å². The number of unbranched alkanes of at least 4 members (excludes halogenated alkanes) is 1. The molecule has 2 rings (SSSR count). The zero-order valence-electron chi connectivity index (χ0n) is 25.9. The van der Waals surface area contributed by atoms with Gasteiger partial charge in [-0.1, -0.05) is 24.3 Å². The number of ether oxygens (including phenoxy) is 2. The molecule has 0 saturated carbocycles. The lowest BCUT2D eigenvalue weighted by Gasteiger charge is -2.31. The monoisotopic (exact) mass is 584 g/mol. The Labute approximate surface area is 249 Å². The van der Waals surface area contributed by atoms with Crippen LogP contribution in [-0.2, 0) is 27.1 Å². The second kappa shape index (κ2) is 15.4. The number of hydrogen-bond donors (Lipinski definition) is 3. The summed E-state index contributed by atoms with van der Waals surface area (Å²) in [5.74, 6) is -0.360. The van der Waals surface area contributed by atoms with Gasteiger partial charge in [-0.15, -0.1) is 0 Å². The summed E-state index contributed by atoms with van der Waals surface area (Å²) in [5.41, 5.74) is 13.2. The van der Waals surface area contributed by atoms with Crippen LogP contribution >= 0.6 is 0 Å². The van der Waals surface area contributed by atoms with Crippen LogP contribution in [0.3, 0.4) is 0 Å². The fourth-order valence-electron chi connectivity index (χ4n) is 4.07. The molecule has 3 amide bonds. The fourth-order valence-corrected chi connectivity index (χ4v) is 4.07. The van der Waals surface area contributed by atoms with Gasteiger partial charge in [-0.2, -0.15) is 0 Å². The predicted octanol–water partition coefficient (Wildman–Crippen LogP) is 5.52. The molecule has 0 heterocycles. The van der Waals surface area contributed by atoms with E-state index in [0.717, 1.165) is 16.0 Å². The van der Waals surface area contributed by atoms with Crippen molar-refractivity contribution in [2.75, 3.05) is 24.6 Å². The zero-order chi connectivity index (χ0) is 31.5. The van der Waals surface area contributed by atoms with Crippen molar-refractivity contribution >= 4 is 29.5 Å². The van der Waals surface area contributed by atoms with Crippen molar-refractivity contribution < 1.29 is 29.0 Å². The number of imide groups is 1. The van der Waals surface area contributed by atoms with E-state index >= 15 is 0 Å². The van der Waals surface area contributed by atoms with E-state index in [1.165, 1.54) is 4.90 Å². The number of nitrogens with two attached hydrogens (primary N) is 2. The van der Waals surface area contributed by atoms with Crippen LogP contribution in [-0.4, -0.2) is 63.5 Å². The quantitative estimate of drug-likeness (QED) is 0.168. The van der Waals surface area contributed by atoms with Crippen molar-refractivity contribution in [3.8, 4) is 0 Å². The first-order valence-electron chi connectivity index (χ1n) is 14.4. The van der Waals surface area contributed by atoms with Gasteiger partial charge in [-0.05, 0) is 109 Å². The molecule has 0 saturated heterocycles. The van der Waals surface area contributed by atoms with E-state index in [0.29, 0.717) is 37.1 Å². The Bertz CT molecular complexity index is 1150. The van der Waals surface area contributed by atoms with E-state index in [1.54, 1.807) is 65.8 Å². The van der Waals surface area contributed by atoms with Crippen LogP contribution in [0.2, 0.25) is 0 Å². The third-order valence-electron chi connectivity index (χ3n) is 6.23. The van der Waals surface area contributed by atoms with Crippen LogP contribution in [0.5, 0.6) is 0 Å². The molecule has 0 aromatic heterocycles. The maximum Gasteiger partial charge on any atom is 0.417 e. The summed E-state index contributed by atoms with van der Waals surface area (Å²) in [5, 5.41) is 10.9. The van der Waals surface area contributed by atoms with Gasteiger partial charge in [0.2, 0.25) is 5.91 Å². The number of carbonyl (C=O) groups is 3. The highest BCUT2D eigenvalue weighted by atomic mass is 16.6. The Morgan fingerprint density at radius 3 is 1.67 bits per heavy atom. The van der Waals surface area contributed by atoms with Crippen molar-refractivity contribution in [2.45, 2.75) is 97.5 Å². The Balaban J connectivity index is 1.98. The molecule has 2 aromatic carbocycles. The molecule has 0 radical (unpaired) electrons. The first-order valence-corrected chi connectivity index (χ1v) is 14.4. The second-order valence-electron chi connectivity index (χ2n) is 12.4. The van der Waals surface area contributed by atoms with Crippen LogP contribution < -0.4 is 11.5 Å². The number of hydrogen-bond acceptors (Lipinski definition) is 8. The summed E-state index contributed by atoms with van der Waals surface area (Å²) in [6.07, 6.45) is -0.238. The number of aliphatic hydroxyl groups excluding tert-OH is 1. The zero-order valence-corrected chi connectivity index (χ0v) is 25.9. The molecule has 1 unspecified atom stereocenters. The number of benzene rings is 2. The van der Waals surface area contributed by atoms with Crippen molar-refractivity contribution in [1.29, 1.82) is 0 Å². The Kier molecular flexibility index (Phi) is 12.7. The standard InChI is InChI=1S/C32H48N4O6/c1-31(2,3)41-29(39)35(21-19-23-11-15-25(33)16-12-23)27(37)9-7-8-10-28(38)36(30(40)42-32(4,5)6)22-20-24-13-17-26(34)18-14-24/h11-18,27,37H,7-10,19-22,33-34H2,1-6H3. The number of nitrogens with zero attached hydrogens (tertiary/aromatic N) is 2. The first-order chi connectivity index (χ1) is 19.5. The van der Waals surface area contributed by atoms with E-state index in [9.17, 15) is 19.5 Å². The maximum atomic E-state index is 13.1. The largest absolute Gasteiger partial charge is 0.444 e. The van der Waals surface area contributed by atoms with Crippen LogP contribution in [0, 0.1) is 0 Å². The van der Waals surface area contributed by atoms with Crippen molar-refractivity contribution in [2.24, 2.45) is 0 Å². The molecular weight excluding hydrogens is 536 g/mol. The lowest BCUT2D eigenvalue weighted by Crippen LogP contribution is -2.44. The van der Waals surface area contributed by atoms with Gasteiger partial charge in [0.1, 0.15) is 17.4 Å². The van der Waals surface area contributed by atoms with Crippen LogP contribution in [0.4, 0.5) is 21.0 Å².